The highest BCUT2D eigenvalue weighted by atomic mass is 19.4. The topological polar surface area (TPSA) is 24.5 Å². The lowest BCUT2D eigenvalue weighted by Gasteiger charge is -2.30. The number of halogens is 3. The summed E-state index contributed by atoms with van der Waals surface area (Å²) in [5.74, 6) is -0.302. The minimum absolute atomic E-state index is 0.0602. The van der Waals surface area contributed by atoms with Crippen LogP contribution in [0.2, 0.25) is 0 Å². The monoisotopic (exact) mass is 238 g/mol. The number of alkyl halides is 3. The van der Waals surface area contributed by atoms with Gasteiger partial charge in [0.1, 0.15) is 0 Å². The van der Waals surface area contributed by atoms with Crippen LogP contribution in [-0.2, 0) is 4.74 Å². The van der Waals surface area contributed by atoms with Crippen molar-refractivity contribution in [2.24, 2.45) is 11.3 Å². The normalized spacial score (nSPS) is 35.6. The molecule has 0 bridgehead atoms. The van der Waals surface area contributed by atoms with Crippen LogP contribution < -0.4 is 5.32 Å². The number of hydrogen-bond donors (Lipinski definition) is 1. The predicted octanol–water partition coefficient (Wildman–Crippen LogP) is 0.716. The van der Waals surface area contributed by atoms with Crippen molar-refractivity contribution in [3.05, 3.63) is 0 Å². The maximum absolute atomic E-state index is 13.1. The molecule has 0 aromatic heterocycles. The smallest absolute Gasteiger partial charge is 0.383 e. The maximum Gasteiger partial charge on any atom is 0.397 e. The summed E-state index contributed by atoms with van der Waals surface area (Å²) in [5, 5.41) is 2.87. The third-order valence-electron chi connectivity index (χ3n) is 3.77. The SMILES string of the molecule is COCCN1CC2CNCC2(C(F)(F)F)C1. The highest BCUT2D eigenvalue weighted by molar-refractivity contribution is 5.06. The molecule has 2 atom stereocenters. The highest BCUT2D eigenvalue weighted by Gasteiger charge is 2.64. The quantitative estimate of drug-likeness (QED) is 0.784. The molecule has 3 nitrogen and oxygen atoms in total. The van der Waals surface area contributed by atoms with Gasteiger partial charge in [-0.1, -0.05) is 0 Å². The molecule has 2 rings (SSSR count). The molecule has 2 aliphatic rings. The van der Waals surface area contributed by atoms with Gasteiger partial charge in [-0.25, -0.2) is 0 Å². The van der Waals surface area contributed by atoms with Crippen molar-refractivity contribution in [3.63, 3.8) is 0 Å². The lowest BCUT2D eigenvalue weighted by molar-refractivity contribution is -0.221. The first-order valence-corrected chi connectivity index (χ1v) is 5.48. The number of ether oxygens (including phenoxy) is 1. The summed E-state index contributed by atoms with van der Waals surface area (Å²) in [6.07, 6.45) is -4.11. The van der Waals surface area contributed by atoms with Crippen LogP contribution in [0.3, 0.4) is 0 Å². The van der Waals surface area contributed by atoms with E-state index >= 15 is 0 Å². The molecule has 2 saturated heterocycles. The molecule has 1 N–H and O–H groups in total. The Morgan fingerprint density at radius 3 is 2.81 bits per heavy atom. The van der Waals surface area contributed by atoms with Crippen molar-refractivity contribution in [2.75, 3.05) is 46.4 Å². The molecule has 0 aliphatic carbocycles. The van der Waals surface area contributed by atoms with E-state index in [1.165, 1.54) is 0 Å². The molecule has 0 aromatic carbocycles. The van der Waals surface area contributed by atoms with Gasteiger partial charge >= 0.3 is 6.18 Å². The Bertz CT molecular complexity index is 259. The molecule has 0 saturated carbocycles. The first kappa shape index (κ1) is 12.1. The summed E-state index contributed by atoms with van der Waals surface area (Å²) in [7, 11) is 1.57. The first-order valence-electron chi connectivity index (χ1n) is 5.48. The van der Waals surface area contributed by atoms with Gasteiger partial charge in [-0.15, -0.1) is 0 Å². The van der Waals surface area contributed by atoms with E-state index in [2.05, 4.69) is 5.32 Å². The largest absolute Gasteiger partial charge is 0.397 e. The standard InChI is InChI=1S/C10H17F3N2O/c1-16-3-2-15-5-8-4-14-6-9(8,7-15)10(11,12)13/h8,14H,2-7H2,1H3. The number of likely N-dealkylation sites (tertiary alicyclic amines) is 1. The molecular weight excluding hydrogens is 221 g/mol. The van der Waals surface area contributed by atoms with Crippen molar-refractivity contribution in [1.82, 2.24) is 10.2 Å². The van der Waals surface area contributed by atoms with Crippen molar-refractivity contribution in [2.45, 2.75) is 6.18 Å². The minimum Gasteiger partial charge on any atom is -0.383 e. The van der Waals surface area contributed by atoms with Crippen molar-refractivity contribution < 1.29 is 17.9 Å². The summed E-state index contributed by atoms with van der Waals surface area (Å²) < 4.78 is 44.2. The fraction of sp³-hybridized carbons (Fsp3) is 1.00. The van der Waals surface area contributed by atoms with Gasteiger partial charge in [0.15, 0.2) is 0 Å². The Morgan fingerprint density at radius 1 is 1.50 bits per heavy atom. The lowest BCUT2D eigenvalue weighted by atomic mass is 9.80. The first-order chi connectivity index (χ1) is 7.49. The fourth-order valence-corrected chi connectivity index (χ4v) is 2.82. The molecule has 2 heterocycles. The Labute approximate surface area is 92.9 Å². The average molecular weight is 238 g/mol. The van der Waals surface area contributed by atoms with E-state index in [0.29, 0.717) is 26.2 Å². The molecule has 2 fully saturated rings. The second-order valence-electron chi connectivity index (χ2n) is 4.71. The molecular formula is C10H17F3N2O. The summed E-state index contributed by atoms with van der Waals surface area (Å²) >= 11 is 0. The van der Waals surface area contributed by atoms with Gasteiger partial charge < -0.3 is 10.1 Å². The average Bonchev–Trinajstić information content (AvgIpc) is 2.69. The van der Waals surface area contributed by atoms with Gasteiger partial charge in [-0.05, 0) is 0 Å². The third-order valence-corrected chi connectivity index (χ3v) is 3.77. The van der Waals surface area contributed by atoms with Crippen LogP contribution in [0.1, 0.15) is 0 Å². The van der Waals surface area contributed by atoms with Crippen LogP contribution >= 0.6 is 0 Å². The van der Waals surface area contributed by atoms with Gasteiger partial charge in [0.05, 0.1) is 12.0 Å². The van der Waals surface area contributed by atoms with Crippen LogP contribution in [-0.4, -0.2) is 57.5 Å². The number of nitrogens with one attached hydrogen (secondary N) is 1. The van der Waals surface area contributed by atoms with E-state index in [9.17, 15) is 13.2 Å². The zero-order chi connectivity index (χ0) is 11.8. The molecule has 16 heavy (non-hydrogen) atoms. The van der Waals surface area contributed by atoms with Gasteiger partial charge in [-0.3, -0.25) is 4.90 Å². The third kappa shape index (κ3) is 1.83. The van der Waals surface area contributed by atoms with Crippen LogP contribution in [0.25, 0.3) is 0 Å². The van der Waals surface area contributed by atoms with Crippen molar-refractivity contribution in [3.8, 4) is 0 Å². The van der Waals surface area contributed by atoms with Crippen LogP contribution in [0.15, 0.2) is 0 Å². The molecule has 0 aromatic rings. The maximum atomic E-state index is 13.1. The molecule has 6 heteroatoms. The van der Waals surface area contributed by atoms with E-state index in [1.807, 2.05) is 4.90 Å². The number of rotatable bonds is 3. The zero-order valence-electron chi connectivity index (χ0n) is 9.31. The van der Waals surface area contributed by atoms with E-state index in [4.69, 9.17) is 4.74 Å². The van der Waals surface area contributed by atoms with Crippen molar-refractivity contribution >= 4 is 0 Å². The fourth-order valence-electron chi connectivity index (χ4n) is 2.82. The second-order valence-corrected chi connectivity index (χ2v) is 4.71. The van der Waals surface area contributed by atoms with Crippen LogP contribution in [0.5, 0.6) is 0 Å². The number of hydrogen-bond acceptors (Lipinski definition) is 3. The van der Waals surface area contributed by atoms with E-state index in [-0.39, 0.29) is 19.0 Å². The Balaban J connectivity index is 2.06. The van der Waals surface area contributed by atoms with Crippen LogP contribution in [0.4, 0.5) is 13.2 Å². The van der Waals surface area contributed by atoms with Crippen LogP contribution in [0, 0.1) is 11.3 Å². The molecule has 0 amide bonds. The van der Waals surface area contributed by atoms with Gasteiger partial charge in [0, 0.05) is 45.8 Å². The molecule has 2 aliphatic heterocycles. The summed E-state index contributed by atoms with van der Waals surface area (Å²) in [4.78, 5) is 1.86. The Hall–Kier alpha value is -0.330. The van der Waals surface area contributed by atoms with Crippen molar-refractivity contribution in [1.29, 1.82) is 0 Å². The zero-order valence-corrected chi connectivity index (χ0v) is 9.31. The molecule has 0 spiro atoms. The number of methoxy groups -OCH3 is 1. The van der Waals surface area contributed by atoms with E-state index < -0.39 is 11.6 Å². The second kappa shape index (κ2) is 4.16. The Kier molecular flexibility index (Phi) is 3.16. The molecule has 94 valence electrons. The molecule has 2 unspecified atom stereocenters. The van der Waals surface area contributed by atoms with Gasteiger partial charge in [0.25, 0.3) is 0 Å². The predicted molar refractivity (Wildman–Crippen MR) is 53.2 cm³/mol. The van der Waals surface area contributed by atoms with E-state index in [0.717, 1.165) is 0 Å². The van der Waals surface area contributed by atoms with E-state index in [1.54, 1.807) is 7.11 Å². The summed E-state index contributed by atoms with van der Waals surface area (Å²) in [6.45, 7) is 2.25. The Morgan fingerprint density at radius 2 is 2.25 bits per heavy atom. The number of fused-ring (bicyclic) bond motifs is 1. The van der Waals surface area contributed by atoms with Gasteiger partial charge in [-0.2, -0.15) is 13.2 Å². The summed E-state index contributed by atoms with van der Waals surface area (Å²) in [5.41, 5.74) is -1.53. The highest BCUT2D eigenvalue weighted by Crippen LogP contribution is 2.50. The molecule has 0 radical (unpaired) electrons. The minimum atomic E-state index is -4.11. The summed E-state index contributed by atoms with van der Waals surface area (Å²) in [6, 6.07) is 0. The number of nitrogens with zero attached hydrogens (tertiary/aromatic N) is 1. The lowest BCUT2D eigenvalue weighted by Crippen LogP contribution is -2.46. The van der Waals surface area contributed by atoms with Gasteiger partial charge in [0.2, 0.25) is 0 Å².